The van der Waals surface area contributed by atoms with Crippen molar-refractivity contribution in [2.75, 3.05) is 44.7 Å². The molecule has 0 radical (unpaired) electrons. The van der Waals surface area contributed by atoms with E-state index in [9.17, 15) is 9.59 Å². The van der Waals surface area contributed by atoms with Crippen molar-refractivity contribution in [1.82, 2.24) is 20.0 Å². The number of aliphatic imine (C=N–C) groups is 1. The lowest BCUT2D eigenvalue weighted by molar-refractivity contribution is -0.127. The molecular weight excluding hydrogens is 356 g/mol. The van der Waals surface area contributed by atoms with Crippen molar-refractivity contribution in [2.24, 2.45) is 10.9 Å². The molecule has 3 amide bonds. The lowest BCUT2D eigenvalue weighted by atomic mass is 10.1. The van der Waals surface area contributed by atoms with E-state index >= 15 is 0 Å². The van der Waals surface area contributed by atoms with Crippen molar-refractivity contribution in [1.29, 1.82) is 0 Å². The fraction of sp³-hybridized carbons (Fsp3) is 0.550. The number of likely N-dealkylation sites (N-methyl/N-ethyl adjacent to an activating group) is 1. The Balaban J connectivity index is 1.54. The number of piperazine rings is 1. The zero-order valence-electron chi connectivity index (χ0n) is 16.7. The van der Waals surface area contributed by atoms with Crippen LogP contribution >= 0.6 is 0 Å². The molecule has 2 fully saturated rings. The number of hydrogen-bond donors (Lipinski definition) is 1. The smallest absolute Gasteiger partial charge is 0.325 e. The van der Waals surface area contributed by atoms with Crippen LogP contribution in [0.15, 0.2) is 35.3 Å². The first-order valence-electron chi connectivity index (χ1n) is 9.92. The first-order chi connectivity index (χ1) is 13.5. The molecule has 1 aromatic carbocycles. The number of nitrogens with zero attached hydrogens (tertiary/aromatic N) is 5. The van der Waals surface area contributed by atoms with Crippen molar-refractivity contribution in [3.63, 3.8) is 0 Å². The van der Waals surface area contributed by atoms with Gasteiger partial charge in [-0.25, -0.2) is 9.79 Å². The van der Waals surface area contributed by atoms with Crippen LogP contribution in [0.2, 0.25) is 0 Å². The van der Waals surface area contributed by atoms with E-state index in [2.05, 4.69) is 58.1 Å². The van der Waals surface area contributed by atoms with Gasteiger partial charge in [-0.1, -0.05) is 32.0 Å². The van der Waals surface area contributed by atoms with Crippen LogP contribution in [0.1, 0.15) is 13.8 Å². The molecule has 0 aromatic heterocycles. The van der Waals surface area contributed by atoms with Crippen LogP contribution in [0, 0.1) is 5.92 Å². The number of carbonyl (C=O) groups excluding carboxylic acids is 2. The molecule has 8 nitrogen and oxygen atoms in total. The molecule has 150 valence electrons. The van der Waals surface area contributed by atoms with Crippen LogP contribution < -0.4 is 10.2 Å². The van der Waals surface area contributed by atoms with E-state index in [1.165, 1.54) is 10.6 Å². The third kappa shape index (κ3) is 3.27. The van der Waals surface area contributed by atoms with Crippen molar-refractivity contribution < 1.29 is 9.59 Å². The van der Waals surface area contributed by atoms with E-state index in [4.69, 9.17) is 4.99 Å². The summed E-state index contributed by atoms with van der Waals surface area (Å²) < 4.78 is 0. The quantitative estimate of drug-likeness (QED) is 0.842. The van der Waals surface area contributed by atoms with Crippen LogP contribution in [0.5, 0.6) is 0 Å². The van der Waals surface area contributed by atoms with E-state index in [0.29, 0.717) is 5.92 Å². The summed E-state index contributed by atoms with van der Waals surface area (Å²) in [5.41, 5.74) is 1.23. The molecule has 2 saturated heterocycles. The maximum absolute atomic E-state index is 12.6. The number of carbonyl (C=O) groups is 2. The Hall–Kier alpha value is -2.77. The average molecular weight is 384 g/mol. The molecule has 2 atom stereocenters. The SMILES string of the molecule is CC(C)CN1C(N2CCN(c3ccccc3)CC2)=NC2C1C(=O)NC(=O)N2C. The minimum Gasteiger partial charge on any atom is -0.368 e. The maximum atomic E-state index is 12.6. The van der Waals surface area contributed by atoms with Crippen LogP contribution in [0.25, 0.3) is 0 Å². The molecule has 1 aromatic rings. The molecule has 3 aliphatic heterocycles. The zero-order valence-corrected chi connectivity index (χ0v) is 16.7. The first kappa shape index (κ1) is 18.6. The Morgan fingerprint density at radius 2 is 1.71 bits per heavy atom. The lowest BCUT2D eigenvalue weighted by Gasteiger charge is -2.41. The van der Waals surface area contributed by atoms with Gasteiger partial charge >= 0.3 is 6.03 Å². The number of guanidine groups is 1. The molecule has 3 heterocycles. The highest BCUT2D eigenvalue weighted by atomic mass is 16.2. The van der Waals surface area contributed by atoms with E-state index in [1.807, 2.05) is 6.07 Å². The number of hydrogen-bond acceptors (Lipinski definition) is 6. The highest BCUT2D eigenvalue weighted by molar-refractivity contribution is 6.03. The second kappa shape index (κ2) is 7.33. The summed E-state index contributed by atoms with van der Waals surface area (Å²) in [5, 5.41) is 2.46. The van der Waals surface area contributed by atoms with Crippen molar-refractivity contribution >= 4 is 23.6 Å². The van der Waals surface area contributed by atoms with Gasteiger partial charge in [-0.05, 0) is 18.1 Å². The van der Waals surface area contributed by atoms with Gasteiger partial charge in [0.05, 0.1) is 0 Å². The van der Waals surface area contributed by atoms with Crippen molar-refractivity contribution in [3.8, 4) is 0 Å². The largest absolute Gasteiger partial charge is 0.368 e. The van der Waals surface area contributed by atoms with Crippen LogP contribution in [-0.4, -0.2) is 84.6 Å². The summed E-state index contributed by atoms with van der Waals surface area (Å²) >= 11 is 0. The number of urea groups is 1. The fourth-order valence-electron chi connectivity index (χ4n) is 4.17. The molecule has 3 aliphatic rings. The molecule has 0 saturated carbocycles. The summed E-state index contributed by atoms with van der Waals surface area (Å²) in [6.07, 6.45) is -0.456. The summed E-state index contributed by atoms with van der Waals surface area (Å²) in [4.78, 5) is 37.7. The van der Waals surface area contributed by atoms with Crippen LogP contribution in [0.3, 0.4) is 0 Å². The number of imide groups is 1. The maximum Gasteiger partial charge on any atom is 0.325 e. The molecule has 28 heavy (non-hydrogen) atoms. The number of anilines is 1. The molecule has 2 unspecified atom stereocenters. The summed E-state index contributed by atoms with van der Waals surface area (Å²) in [6, 6.07) is 9.58. The van der Waals surface area contributed by atoms with E-state index < -0.39 is 12.2 Å². The highest BCUT2D eigenvalue weighted by Gasteiger charge is 2.49. The summed E-state index contributed by atoms with van der Waals surface area (Å²) in [6.45, 7) is 8.46. The molecule has 8 heteroatoms. The summed E-state index contributed by atoms with van der Waals surface area (Å²) in [7, 11) is 1.70. The molecule has 0 aliphatic carbocycles. The van der Waals surface area contributed by atoms with E-state index in [1.54, 1.807) is 7.05 Å². The van der Waals surface area contributed by atoms with Gasteiger partial charge < -0.3 is 19.6 Å². The predicted molar refractivity (Wildman–Crippen MR) is 108 cm³/mol. The molecule has 0 spiro atoms. The Labute approximate surface area is 165 Å². The Morgan fingerprint density at radius 3 is 2.36 bits per heavy atom. The number of amides is 3. The number of para-hydroxylation sites is 1. The Morgan fingerprint density at radius 1 is 1.07 bits per heavy atom. The van der Waals surface area contributed by atoms with E-state index in [0.717, 1.165) is 38.7 Å². The Kier molecular flexibility index (Phi) is 4.87. The second-order valence-corrected chi connectivity index (χ2v) is 8.05. The van der Waals surface area contributed by atoms with Gasteiger partial charge in [-0.2, -0.15) is 0 Å². The standard InChI is InChI=1S/C20H28N6O2/c1-14(2)13-26-16-17(23(3)20(28)22-18(16)27)21-19(26)25-11-9-24(10-12-25)15-7-5-4-6-8-15/h4-8,14,16-17H,9-13H2,1-3H3,(H,22,27,28). The van der Waals surface area contributed by atoms with Crippen LogP contribution in [-0.2, 0) is 4.79 Å². The molecule has 4 rings (SSSR count). The van der Waals surface area contributed by atoms with Gasteiger partial charge in [-0.3, -0.25) is 10.1 Å². The lowest BCUT2D eigenvalue weighted by Crippen LogP contribution is -2.65. The number of nitrogens with one attached hydrogen (secondary N) is 1. The number of benzene rings is 1. The third-order valence-electron chi connectivity index (χ3n) is 5.58. The van der Waals surface area contributed by atoms with Gasteiger partial charge in [0, 0.05) is 45.5 Å². The minimum atomic E-state index is -0.456. The van der Waals surface area contributed by atoms with Gasteiger partial charge in [0.1, 0.15) is 0 Å². The van der Waals surface area contributed by atoms with Crippen molar-refractivity contribution in [3.05, 3.63) is 30.3 Å². The van der Waals surface area contributed by atoms with Gasteiger partial charge in [0.2, 0.25) is 0 Å². The summed E-state index contributed by atoms with van der Waals surface area (Å²) in [5.74, 6) is 0.967. The second-order valence-electron chi connectivity index (χ2n) is 8.05. The van der Waals surface area contributed by atoms with Gasteiger partial charge in [0.25, 0.3) is 5.91 Å². The third-order valence-corrected chi connectivity index (χ3v) is 5.58. The van der Waals surface area contributed by atoms with Crippen LogP contribution in [0.4, 0.5) is 10.5 Å². The zero-order chi connectivity index (χ0) is 19.8. The van der Waals surface area contributed by atoms with Gasteiger partial charge in [-0.15, -0.1) is 0 Å². The fourth-order valence-corrected chi connectivity index (χ4v) is 4.17. The molecule has 1 N–H and O–H groups in total. The minimum absolute atomic E-state index is 0.254. The molecule has 0 bridgehead atoms. The van der Waals surface area contributed by atoms with Crippen molar-refractivity contribution in [2.45, 2.75) is 26.1 Å². The Bertz CT molecular complexity index is 772. The van der Waals surface area contributed by atoms with E-state index in [-0.39, 0.29) is 11.9 Å². The monoisotopic (exact) mass is 384 g/mol. The first-order valence-corrected chi connectivity index (χ1v) is 9.92. The van der Waals surface area contributed by atoms with Gasteiger partial charge in [0.15, 0.2) is 18.2 Å². The predicted octanol–water partition coefficient (Wildman–Crippen LogP) is 1.01. The topological polar surface area (TPSA) is 71.5 Å². The molecular formula is C20H28N6O2. The average Bonchev–Trinajstić information content (AvgIpc) is 3.06. The number of rotatable bonds is 3. The normalized spacial score (nSPS) is 25.2. The number of fused-ring (bicyclic) bond motifs is 1. The highest BCUT2D eigenvalue weighted by Crippen LogP contribution is 2.27.